The van der Waals surface area contributed by atoms with E-state index in [1.807, 2.05) is 0 Å². The van der Waals surface area contributed by atoms with Gasteiger partial charge in [-0.3, -0.25) is 9.80 Å². The van der Waals surface area contributed by atoms with Crippen LogP contribution in [0, 0.1) is 11.3 Å². The minimum Gasteiger partial charge on any atom is -0.423 e. The van der Waals surface area contributed by atoms with E-state index >= 15 is 0 Å². The summed E-state index contributed by atoms with van der Waals surface area (Å²) in [6.07, 6.45) is 3.81. The number of ether oxygens (including phenoxy) is 1. The molecule has 0 unspecified atom stereocenters. The maximum atomic E-state index is 12.1. The van der Waals surface area contributed by atoms with Gasteiger partial charge in [-0.25, -0.2) is 4.79 Å². The fourth-order valence-electron chi connectivity index (χ4n) is 4.25. The summed E-state index contributed by atoms with van der Waals surface area (Å²) in [6, 6.07) is 8.13. The van der Waals surface area contributed by atoms with E-state index in [1.54, 1.807) is 6.07 Å². The van der Waals surface area contributed by atoms with Crippen LogP contribution < -0.4 is 5.63 Å². The Morgan fingerprint density at radius 1 is 1.11 bits per heavy atom. The van der Waals surface area contributed by atoms with Crippen LogP contribution in [0.25, 0.3) is 11.0 Å². The number of hydrogen-bond acceptors (Lipinski definition) is 6. The third-order valence-electron chi connectivity index (χ3n) is 5.81. The predicted octanol–water partition coefficient (Wildman–Crippen LogP) is 2.33. The molecular weight excluding hydrogens is 354 g/mol. The first-order chi connectivity index (χ1) is 13.7. The Balaban J connectivity index is 1.55. The van der Waals surface area contributed by atoms with Gasteiger partial charge in [0.15, 0.2) is 0 Å². The molecule has 6 heteroatoms. The molecule has 1 aromatic carbocycles. The molecule has 148 valence electrons. The van der Waals surface area contributed by atoms with E-state index in [4.69, 9.17) is 14.4 Å². The van der Waals surface area contributed by atoms with Gasteiger partial charge in [-0.2, -0.15) is 5.26 Å². The lowest BCUT2D eigenvalue weighted by Crippen LogP contribution is -2.41. The van der Waals surface area contributed by atoms with Gasteiger partial charge < -0.3 is 9.15 Å². The van der Waals surface area contributed by atoms with Gasteiger partial charge in [0.1, 0.15) is 5.58 Å². The van der Waals surface area contributed by atoms with Crippen LogP contribution in [-0.4, -0.2) is 55.7 Å². The standard InChI is InChI=1S/C22H27N3O3/c23-5-2-6-25(8-7-24-9-11-27-12-10-24)16-19-15-22(26)28-21-14-18-4-1-3-17(18)13-20(19)21/h13-15H,1-4,6-12,16H2. The van der Waals surface area contributed by atoms with Gasteiger partial charge in [-0.15, -0.1) is 0 Å². The maximum absolute atomic E-state index is 12.1. The van der Waals surface area contributed by atoms with E-state index in [2.05, 4.69) is 28.0 Å². The number of morpholine rings is 1. The van der Waals surface area contributed by atoms with E-state index in [0.717, 1.165) is 63.2 Å². The molecule has 0 spiro atoms. The number of aryl methyl sites for hydroxylation is 2. The number of nitrogens with zero attached hydrogens (tertiary/aromatic N) is 3. The minimum atomic E-state index is -0.297. The van der Waals surface area contributed by atoms with Crippen molar-refractivity contribution in [2.75, 3.05) is 45.9 Å². The summed E-state index contributed by atoms with van der Waals surface area (Å²) in [4.78, 5) is 16.8. The molecule has 0 atom stereocenters. The van der Waals surface area contributed by atoms with Crippen LogP contribution in [0.5, 0.6) is 0 Å². The molecule has 2 aromatic rings. The van der Waals surface area contributed by atoms with E-state index in [1.165, 1.54) is 17.5 Å². The van der Waals surface area contributed by atoms with Gasteiger partial charge in [0.2, 0.25) is 0 Å². The third kappa shape index (κ3) is 4.44. The molecule has 0 radical (unpaired) electrons. The van der Waals surface area contributed by atoms with Gasteiger partial charge in [0.25, 0.3) is 0 Å². The average Bonchev–Trinajstić information content (AvgIpc) is 3.16. The van der Waals surface area contributed by atoms with Crippen LogP contribution in [0.1, 0.15) is 29.5 Å². The van der Waals surface area contributed by atoms with Crippen molar-refractivity contribution < 1.29 is 9.15 Å². The van der Waals surface area contributed by atoms with Crippen molar-refractivity contribution in [1.29, 1.82) is 5.26 Å². The fraction of sp³-hybridized carbons (Fsp3) is 0.545. The molecule has 28 heavy (non-hydrogen) atoms. The van der Waals surface area contributed by atoms with Crippen LogP contribution in [0.3, 0.4) is 0 Å². The molecule has 1 saturated heterocycles. The number of benzene rings is 1. The molecule has 0 amide bonds. The molecule has 2 heterocycles. The summed E-state index contributed by atoms with van der Waals surface area (Å²) < 4.78 is 10.9. The largest absolute Gasteiger partial charge is 0.423 e. The topological polar surface area (TPSA) is 69.7 Å². The Morgan fingerprint density at radius 2 is 1.89 bits per heavy atom. The smallest absolute Gasteiger partial charge is 0.336 e. The van der Waals surface area contributed by atoms with E-state index in [-0.39, 0.29) is 5.63 Å². The molecule has 2 aliphatic rings. The van der Waals surface area contributed by atoms with E-state index < -0.39 is 0 Å². The molecule has 0 bridgehead atoms. The normalized spacial score (nSPS) is 17.1. The Labute approximate surface area is 165 Å². The zero-order chi connectivity index (χ0) is 19.3. The van der Waals surface area contributed by atoms with Crippen molar-refractivity contribution in [3.8, 4) is 6.07 Å². The first-order valence-electron chi connectivity index (χ1n) is 10.2. The first-order valence-corrected chi connectivity index (χ1v) is 10.2. The van der Waals surface area contributed by atoms with Crippen LogP contribution in [0.15, 0.2) is 27.4 Å². The Kier molecular flexibility index (Phi) is 6.06. The summed E-state index contributed by atoms with van der Waals surface area (Å²) in [6.45, 7) is 6.66. The van der Waals surface area contributed by atoms with Gasteiger partial charge in [0, 0.05) is 57.1 Å². The van der Waals surface area contributed by atoms with Crippen LogP contribution in [0.2, 0.25) is 0 Å². The second kappa shape index (κ2) is 8.87. The molecule has 1 aromatic heterocycles. The van der Waals surface area contributed by atoms with Crippen molar-refractivity contribution >= 4 is 11.0 Å². The molecule has 1 aliphatic carbocycles. The Bertz CT molecular complexity index is 925. The van der Waals surface area contributed by atoms with Crippen molar-refractivity contribution in [3.05, 3.63) is 45.3 Å². The van der Waals surface area contributed by atoms with Crippen molar-refractivity contribution in [2.45, 2.75) is 32.2 Å². The summed E-state index contributed by atoms with van der Waals surface area (Å²) in [7, 11) is 0. The predicted molar refractivity (Wildman–Crippen MR) is 107 cm³/mol. The molecule has 0 N–H and O–H groups in total. The summed E-state index contributed by atoms with van der Waals surface area (Å²) in [5.74, 6) is 0. The highest BCUT2D eigenvalue weighted by Crippen LogP contribution is 2.29. The zero-order valence-corrected chi connectivity index (χ0v) is 16.3. The summed E-state index contributed by atoms with van der Waals surface area (Å²) >= 11 is 0. The zero-order valence-electron chi connectivity index (χ0n) is 16.3. The van der Waals surface area contributed by atoms with Gasteiger partial charge in [0.05, 0.1) is 19.3 Å². The second-order valence-electron chi connectivity index (χ2n) is 7.70. The quantitative estimate of drug-likeness (QED) is 0.686. The van der Waals surface area contributed by atoms with Crippen molar-refractivity contribution in [2.24, 2.45) is 0 Å². The molecule has 4 rings (SSSR count). The SMILES string of the molecule is N#CCCN(CCN1CCOCC1)Cc1cc(=O)oc2cc3c(cc12)CCC3. The molecule has 0 saturated carbocycles. The highest BCUT2D eigenvalue weighted by atomic mass is 16.5. The lowest BCUT2D eigenvalue weighted by atomic mass is 10.0. The van der Waals surface area contributed by atoms with E-state index in [9.17, 15) is 4.79 Å². The molecular formula is C22H27N3O3. The third-order valence-corrected chi connectivity index (χ3v) is 5.81. The average molecular weight is 381 g/mol. The fourth-order valence-corrected chi connectivity index (χ4v) is 4.25. The van der Waals surface area contributed by atoms with Crippen molar-refractivity contribution in [1.82, 2.24) is 9.80 Å². The van der Waals surface area contributed by atoms with E-state index in [0.29, 0.717) is 25.1 Å². The highest BCUT2D eigenvalue weighted by Gasteiger charge is 2.17. The molecule has 6 nitrogen and oxygen atoms in total. The van der Waals surface area contributed by atoms with Crippen LogP contribution in [0.4, 0.5) is 0 Å². The first kappa shape index (κ1) is 19.1. The lowest BCUT2D eigenvalue weighted by molar-refractivity contribution is 0.0330. The van der Waals surface area contributed by atoms with Gasteiger partial charge >= 0.3 is 5.63 Å². The Morgan fingerprint density at radius 3 is 2.68 bits per heavy atom. The monoisotopic (exact) mass is 381 g/mol. The molecule has 1 fully saturated rings. The minimum absolute atomic E-state index is 0.297. The lowest BCUT2D eigenvalue weighted by Gasteiger charge is -2.30. The van der Waals surface area contributed by atoms with Crippen molar-refractivity contribution in [3.63, 3.8) is 0 Å². The Hall–Kier alpha value is -2.20. The summed E-state index contributed by atoms with van der Waals surface area (Å²) in [5, 5.41) is 10.1. The van der Waals surface area contributed by atoms with Crippen LogP contribution >= 0.6 is 0 Å². The van der Waals surface area contributed by atoms with Gasteiger partial charge in [-0.1, -0.05) is 0 Å². The number of nitriles is 1. The van der Waals surface area contributed by atoms with Gasteiger partial charge in [-0.05, 0) is 48.1 Å². The number of hydrogen-bond donors (Lipinski definition) is 0. The second-order valence-corrected chi connectivity index (χ2v) is 7.70. The molecule has 1 aliphatic heterocycles. The summed E-state index contributed by atoms with van der Waals surface area (Å²) in [5.41, 5.74) is 4.08. The van der Waals surface area contributed by atoms with Crippen LogP contribution in [-0.2, 0) is 24.1 Å². The maximum Gasteiger partial charge on any atom is 0.336 e. The highest BCUT2D eigenvalue weighted by molar-refractivity contribution is 5.82. The number of fused-ring (bicyclic) bond motifs is 2. The number of rotatable bonds is 7.